The predicted octanol–water partition coefficient (Wildman–Crippen LogP) is 3.36. The Morgan fingerprint density at radius 2 is 2.03 bits per heavy atom. The summed E-state index contributed by atoms with van der Waals surface area (Å²) < 4.78 is 4.99. The summed E-state index contributed by atoms with van der Waals surface area (Å²) in [6.45, 7) is 2.26. The SMILES string of the molecule is COC(=O)c1[nH]c2ccccc2c1CN1CCc2nc(-c3ccncc3)ncc2C1. The van der Waals surface area contributed by atoms with Crippen LogP contribution in [0.1, 0.15) is 27.3 Å². The first-order valence-corrected chi connectivity index (χ1v) is 9.88. The second-order valence-electron chi connectivity index (χ2n) is 7.38. The number of benzene rings is 1. The predicted molar refractivity (Wildman–Crippen MR) is 113 cm³/mol. The van der Waals surface area contributed by atoms with Crippen molar-refractivity contribution in [3.8, 4) is 11.4 Å². The van der Waals surface area contributed by atoms with E-state index in [1.807, 2.05) is 42.6 Å². The summed E-state index contributed by atoms with van der Waals surface area (Å²) in [6, 6.07) is 11.8. The van der Waals surface area contributed by atoms with E-state index in [0.29, 0.717) is 12.2 Å². The van der Waals surface area contributed by atoms with Crippen LogP contribution >= 0.6 is 0 Å². The van der Waals surface area contributed by atoms with Crippen LogP contribution in [0.4, 0.5) is 0 Å². The first-order valence-electron chi connectivity index (χ1n) is 9.88. The van der Waals surface area contributed by atoms with Crippen molar-refractivity contribution in [2.75, 3.05) is 13.7 Å². The van der Waals surface area contributed by atoms with E-state index in [-0.39, 0.29) is 5.97 Å². The minimum absolute atomic E-state index is 0.344. The van der Waals surface area contributed by atoms with Crippen molar-refractivity contribution in [1.82, 2.24) is 24.8 Å². The minimum atomic E-state index is -0.344. The molecule has 0 spiro atoms. The molecule has 0 saturated carbocycles. The van der Waals surface area contributed by atoms with Crippen molar-refractivity contribution < 1.29 is 9.53 Å². The molecule has 0 unspecified atom stereocenters. The smallest absolute Gasteiger partial charge is 0.354 e. The van der Waals surface area contributed by atoms with Gasteiger partial charge < -0.3 is 9.72 Å². The zero-order chi connectivity index (χ0) is 20.5. The Kier molecular flexibility index (Phi) is 4.72. The van der Waals surface area contributed by atoms with Crippen LogP contribution in [0.25, 0.3) is 22.3 Å². The van der Waals surface area contributed by atoms with Crippen LogP contribution in [0.2, 0.25) is 0 Å². The van der Waals surface area contributed by atoms with Crippen molar-refractivity contribution in [3.05, 3.63) is 77.5 Å². The molecule has 0 amide bonds. The fraction of sp³-hybridized carbons (Fsp3) is 0.217. The molecule has 5 rings (SSSR count). The fourth-order valence-electron chi connectivity index (χ4n) is 4.01. The first kappa shape index (κ1) is 18.4. The van der Waals surface area contributed by atoms with Gasteiger partial charge in [-0.05, 0) is 18.2 Å². The maximum atomic E-state index is 12.3. The van der Waals surface area contributed by atoms with E-state index >= 15 is 0 Å². The molecule has 7 heteroatoms. The van der Waals surface area contributed by atoms with Gasteiger partial charge in [-0.15, -0.1) is 0 Å². The number of fused-ring (bicyclic) bond motifs is 2. The van der Waals surface area contributed by atoms with Gasteiger partial charge in [0, 0.05) is 72.2 Å². The number of H-pyrrole nitrogens is 1. The molecule has 0 fully saturated rings. The van der Waals surface area contributed by atoms with Gasteiger partial charge in [-0.1, -0.05) is 18.2 Å². The first-order chi connectivity index (χ1) is 14.7. The molecule has 1 aliphatic rings. The van der Waals surface area contributed by atoms with Gasteiger partial charge in [-0.25, -0.2) is 14.8 Å². The van der Waals surface area contributed by atoms with Crippen molar-refractivity contribution in [2.24, 2.45) is 0 Å². The van der Waals surface area contributed by atoms with Crippen molar-refractivity contribution in [1.29, 1.82) is 0 Å². The molecule has 1 aromatic carbocycles. The lowest BCUT2D eigenvalue weighted by atomic mass is 10.0. The van der Waals surface area contributed by atoms with Crippen molar-refractivity contribution >= 4 is 16.9 Å². The molecule has 0 aliphatic carbocycles. The number of hydrogen-bond acceptors (Lipinski definition) is 6. The molecule has 1 aliphatic heterocycles. The number of ether oxygens (including phenoxy) is 1. The normalized spacial score (nSPS) is 13.9. The Morgan fingerprint density at radius 3 is 2.87 bits per heavy atom. The van der Waals surface area contributed by atoms with E-state index in [1.54, 1.807) is 12.4 Å². The number of aromatic nitrogens is 4. The van der Waals surface area contributed by atoms with Crippen LogP contribution in [0, 0.1) is 0 Å². The number of carbonyl (C=O) groups excluding carboxylic acids is 1. The van der Waals surface area contributed by atoms with Gasteiger partial charge in [0.25, 0.3) is 0 Å². The average Bonchev–Trinajstić information content (AvgIpc) is 3.17. The molecule has 0 atom stereocenters. The van der Waals surface area contributed by atoms with Crippen LogP contribution in [-0.2, 0) is 24.2 Å². The monoisotopic (exact) mass is 399 g/mol. The van der Waals surface area contributed by atoms with E-state index in [9.17, 15) is 4.79 Å². The van der Waals surface area contributed by atoms with Gasteiger partial charge in [-0.2, -0.15) is 0 Å². The van der Waals surface area contributed by atoms with Gasteiger partial charge in [0.15, 0.2) is 5.82 Å². The third-order valence-corrected chi connectivity index (χ3v) is 5.54. The van der Waals surface area contributed by atoms with Gasteiger partial charge in [0.2, 0.25) is 0 Å². The summed E-state index contributed by atoms with van der Waals surface area (Å²) in [7, 11) is 1.41. The number of methoxy groups -OCH3 is 1. The number of aromatic amines is 1. The number of para-hydroxylation sites is 1. The van der Waals surface area contributed by atoms with E-state index in [2.05, 4.69) is 19.9 Å². The van der Waals surface area contributed by atoms with E-state index in [1.165, 1.54) is 7.11 Å². The highest BCUT2D eigenvalue weighted by atomic mass is 16.5. The highest BCUT2D eigenvalue weighted by Gasteiger charge is 2.24. The molecule has 0 saturated heterocycles. The Labute approximate surface area is 173 Å². The molecule has 1 N–H and O–H groups in total. The Bertz CT molecular complexity index is 1220. The highest BCUT2D eigenvalue weighted by molar-refractivity contribution is 5.98. The fourth-order valence-corrected chi connectivity index (χ4v) is 4.01. The molecule has 0 radical (unpaired) electrons. The molecular weight excluding hydrogens is 378 g/mol. The van der Waals surface area contributed by atoms with Crippen LogP contribution in [0.3, 0.4) is 0 Å². The quantitative estimate of drug-likeness (QED) is 0.530. The van der Waals surface area contributed by atoms with Gasteiger partial charge in [-0.3, -0.25) is 9.88 Å². The maximum absolute atomic E-state index is 12.3. The standard InChI is InChI=1S/C23H21N5O2/c1-30-23(29)21-18(17-4-2-3-5-20(17)26-21)14-28-11-8-19-16(13-28)12-25-22(27-19)15-6-9-24-10-7-15/h2-7,9-10,12,26H,8,11,13-14H2,1H3. The summed E-state index contributed by atoms with van der Waals surface area (Å²) in [5.41, 5.74) is 5.61. The second kappa shape index (κ2) is 7.68. The van der Waals surface area contributed by atoms with Crippen molar-refractivity contribution in [3.63, 3.8) is 0 Å². The number of esters is 1. The van der Waals surface area contributed by atoms with Crippen LogP contribution < -0.4 is 0 Å². The third kappa shape index (κ3) is 3.33. The Morgan fingerprint density at radius 1 is 1.20 bits per heavy atom. The molecule has 7 nitrogen and oxygen atoms in total. The van der Waals surface area contributed by atoms with Gasteiger partial charge in [0.1, 0.15) is 5.69 Å². The maximum Gasteiger partial charge on any atom is 0.354 e. The topological polar surface area (TPSA) is 84.0 Å². The lowest BCUT2D eigenvalue weighted by Gasteiger charge is -2.28. The Balaban J connectivity index is 1.42. The highest BCUT2D eigenvalue weighted by Crippen LogP contribution is 2.27. The summed E-state index contributed by atoms with van der Waals surface area (Å²) in [6.07, 6.45) is 6.26. The van der Waals surface area contributed by atoms with Gasteiger partial charge in [0.05, 0.1) is 12.8 Å². The molecule has 3 aromatic heterocycles. The number of nitrogens with zero attached hydrogens (tertiary/aromatic N) is 4. The average molecular weight is 399 g/mol. The summed E-state index contributed by atoms with van der Waals surface area (Å²) in [5.74, 6) is 0.387. The number of rotatable bonds is 4. The number of hydrogen-bond donors (Lipinski definition) is 1. The molecular formula is C23H21N5O2. The largest absolute Gasteiger partial charge is 0.464 e. The van der Waals surface area contributed by atoms with E-state index in [4.69, 9.17) is 9.72 Å². The molecule has 4 aromatic rings. The minimum Gasteiger partial charge on any atom is -0.464 e. The lowest BCUT2D eigenvalue weighted by Crippen LogP contribution is -2.31. The van der Waals surface area contributed by atoms with Crippen molar-refractivity contribution in [2.45, 2.75) is 19.5 Å². The number of pyridine rings is 1. The molecule has 30 heavy (non-hydrogen) atoms. The number of nitrogens with one attached hydrogen (secondary N) is 1. The van der Waals surface area contributed by atoms with E-state index < -0.39 is 0 Å². The Hall–Kier alpha value is -3.58. The van der Waals surface area contributed by atoms with E-state index in [0.717, 1.165) is 58.6 Å². The zero-order valence-corrected chi connectivity index (χ0v) is 16.6. The second-order valence-corrected chi connectivity index (χ2v) is 7.38. The summed E-state index contributed by atoms with van der Waals surface area (Å²) in [4.78, 5) is 31.2. The van der Waals surface area contributed by atoms with Crippen LogP contribution in [0.5, 0.6) is 0 Å². The molecule has 4 heterocycles. The number of carbonyl (C=O) groups is 1. The zero-order valence-electron chi connectivity index (χ0n) is 16.6. The summed E-state index contributed by atoms with van der Waals surface area (Å²) in [5, 5.41) is 1.05. The summed E-state index contributed by atoms with van der Waals surface area (Å²) >= 11 is 0. The van der Waals surface area contributed by atoms with Crippen LogP contribution in [0.15, 0.2) is 55.0 Å². The molecule has 0 bridgehead atoms. The van der Waals surface area contributed by atoms with Gasteiger partial charge >= 0.3 is 5.97 Å². The lowest BCUT2D eigenvalue weighted by molar-refractivity contribution is 0.0592. The van der Waals surface area contributed by atoms with Crippen LogP contribution in [-0.4, -0.2) is 44.5 Å². The third-order valence-electron chi connectivity index (χ3n) is 5.54. The molecule has 150 valence electrons.